The monoisotopic (exact) mass is 348 g/mol. The van der Waals surface area contributed by atoms with Crippen LogP contribution in [-0.4, -0.2) is 16.6 Å². The third-order valence-electron chi connectivity index (χ3n) is 4.52. The van der Waals surface area contributed by atoms with Gasteiger partial charge in [-0.2, -0.15) is 0 Å². The van der Waals surface area contributed by atoms with Crippen molar-refractivity contribution in [1.82, 2.24) is 5.32 Å². The van der Waals surface area contributed by atoms with Crippen LogP contribution in [0.2, 0.25) is 5.02 Å². The zero-order chi connectivity index (χ0) is 17.6. The summed E-state index contributed by atoms with van der Waals surface area (Å²) in [6.45, 7) is 3.97. The van der Waals surface area contributed by atoms with E-state index in [1.807, 2.05) is 13.8 Å². The standard InChI is InChI=1S/C17H17ClN2O4/c1-17(2)7-12-16(14(21)8-17)10(6-15(22)19-12)9-3-4-11(18)13(5-9)20(23)24/h3-5,10H,6-8H2,1-2H3,(H,19,22)/t10-/m1/s1. The van der Waals surface area contributed by atoms with Crippen molar-refractivity contribution < 1.29 is 14.5 Å². The van der Waals surface area contributed by atoms with Gasteiger partial charge in [-0.15, -0.1) is 0 Å². The number of amides is 1. The smallest absolute Gasteiger partial charge is 0.288 e. The Labute approximate surface area is 144 Å². The van der Waals surface area contributed by atoms with E-state index in [0.717, 1.165) is 0 Å². The highest BCUT2D eigenvalue weighted by molar-refractivity contribution is 6.32. The van der Waals surface area contributed by atoms with Gasteiger partial charge in [0.2, 0.25) is 5.91 Å². The highest BCUT2D eigenvalue weighted by Gasteiger charge is 2.40. The first-order valence-corrected chi connectivity index (χ1v) is 8.06. The number of allylic oxidation sites excluding steroid dienone is 2. The fraction of sp³-hybridized carbons (Fsp3) is 0.412. The number of ketones is 1. The number of Topliss-reactive ketones (excluding diaryl/α,β-unsaturated/α-hetero) is 1. The van der Waals surface area contributed by atoms with Crippen LogP contribution in [0.5, 0.6) is 0 Å². The van der Waals surface area contributed by atoms with E-state index in [4.69, 9.17) is 11.6 Å². The van der Waals surface area contributed by atoms with E-state index in [1.165, 1.54) is 12.1 Å². The van der Waals surface area contributed by atoms with Crippen molar-refractivity contribution in [2.24, 2.45) is 5.41 Å². The zero-order valence-corrected chi connectivity index (χ0v) is 14.1. The molecule has 0 bridgehead atoms. The Kier molecular flexibility index (Phi) is 3.95. The second-order valence-electron chi connectivity index (χ2n) is 7.11. The third kappa shape index (κ3) is 2.94. The minimum atomic E-state index is -0.560. The van der Waals surface area contributed by atoms with Gasteiger partial charge >= 0.3 is 0 Å². The molecule has 6 nitrogen and oxygen atoms in total. The second kappa shape index (κ2) is 5.70. The Bertz CT molecular complexity index is 798. The number of nitrogens with one attached hydrogen (secondary N) is 1. The Morgan fingerprint density at radius 3 is 2.67 bits per heavy atom. The largest absolute Gasteiger partial charge is 0.329 e. The van der Waals surface area contributed by atoms with Gasteiger partial charge in [0.25, 0.3) is 5.69 Å². The van der Waals surface area contributed by atoms with Crippen molar-refractivity contribution >= 4 is 29.0 Å². The molecule has 0 spiro atoms. The molecule has 1 atom stereocenters. The number of hydrogen-bond donors (Lipinski definition) is 1. The molecule has 0 radical (unpaired) electrons. The van der Waals surface area contributed by atoms with Crippen molar-refractivity contribution in [3.8, 4) is 0 Å². The number of carbonyl (C=O) groups is 2. The van der Waals surface area contributed by atoms with Crippen LogP contribution in [0, 0.1) is 15.5 Å². The normalized spacial score (nSPS) is 22.9. The summed E-state index contributed by atoms with van der Waals surface area (Å²) < 4.78 is 0. The summed E-state index contributed by atoms with van der Waals surface area (Å²) >= 11 is 5.86. The van der Waals surface area contributed by atoms with E-state index >= 15 is 0 Å². The van der Waals surface area contributed by atoms with Crippen LogP contribution in [0.1, 0.15) is 44.6 Å². The van der Waals surface area contributed by atoms with Gasteiger partial charge in [0.1, 0.15) is 5.02 Å². The molecular formula is C17H17ClN2O4. The van der Waals surface area contributed by atoms with Gasteiger partial charge < -0.3 is 5.32 Å². The predicted molar refractivity (Wildman–Crippen MR) is 88.7 cm³/mol. The molecular weight excluding hydrogens is 332 g/mol. The lowest BCUT2D eigenvalue weighted by atomic mass is 9.70. The van der Waals surface area contributed by atoms with Crippen LogP contribution in [-0.2, 0) is 9.59 Å². The van der Waals surface area contributed by atoms with E-state index in [0.29, 0.717) is 29.7 Å². The van der Waals surface area contributed by atoms with E-state index in [9.17, 15) is 19.7 Å². The predicted octanol–water partition coefficient (Wildman–Crippen LogP) is 3.49. The second-order valence-corrected chi connectivity index (χ2v) is 7.51. The SMILES string of the molecule is CC1(C)CC(=O)C2=C(C1)NC(=O)C[C@@H]2c1ccc(Cl)c([N+](=O)[O-])c1. The number of nitro groups is 1. The van der Waals surface area contributed by atoms with E-state index < -0.39 is 10.8 Å². The van der Waals surface area contributed by atoms with Gasteiger partial charge in [0.15, 0.2) is 5.78 Å². The number of hydrogen-bond acceptors (Lipinski definition) is 4. The first kappa shape index (κ1) is 16.6. The van der Waals surface area contributed by atoms with Crippen LogP contribution in [0.25, 0.3) is 0 Å². The lowest BCUT2D eigenvalue weighted by Gasteiger charge is -2.37. The molecule has 1 heterocycles. The van der Waals surface area contributed by atoms with E-state index in [2.05, 4.69) is 5.32 Å². The number of nitrogens with zero attached hydrogens (tertiary/aromatic N) is 1. The molecule has 1 N–H and O–H groups in total. The first-order chi connectivity index (χ1) is 11.2. The average molecular weight is 349 g/mol. The fourth-order valence-electron chi connectivity index (χ4n) is 3.53. The molecule has 0 saturated heterocycles. The molecule has 1 aromatic carbocycles. The molecule has 3 rings (SSSR count). The molecule has 24 heavy (non-hydrogen) atoms. The molecule has 2 aliphatic rings. The lowest BCUT2D eigenvalue weighted by molar-refractivity contribution is -0.384. The Hall–Kier alpha value is -2.21. The first-order valence-electron chi connectivity index (χ1n) is 7.68. The number of benzene rings is 1. The summed E-state index contributed by atoms with van der Waals surface area (Å²) in [5.41, 5.74) is 1.37. The highest BCUT2D eigenvalue weighted by Crippen LogP contribution is 2.44. The molecule has 1 amide bonds. The third-order valence-corrected chi connectivity index (χ3v) is 4.84. The van der Waals surface area contributed by atoms with Gasteiger partial charge in [0, 0.05) is 36.1 Å². The summed E-state index contributed by atoms with van der Waals surface area (Å²) in [5, 5.41) is 14.0. The van der Waals surface area contributed by atoms with Gasteiger partial charge in [-0.05, 0) is 23.5 Å². The fourth-order valence-corrected chi connectivity index (χ4v) is 3.71. The summed E-state index contributed by atoms with van der Waals surface area (Å²) in [6.07, 6.45) is 1.10. The molecule has 1 aliphatic heterocycles. The Morgan fingerprint density at radius 2 is 2.00 bits per heavy atom. The van der Waals surface area contributed by atoms with Gasteiger partial charge in [-0.3, -0.25) is 19.7 Å². The topological polar surface area (TPSA) is 89.3 Å². The summed E-state index contributed by atoms with van der Waals surface area (Å²) in [6, 6.07) is 4.46. The summed E-state index contributed by atoms with van der Waals surface area (Å²) in [5.74, 6) is -0.654. The maximum Gasteiger partial charge on any atom is 0.288 e. The van der Waals surface area contributed by atoms with Gasteiger partial charge in [-0.1, -0.05) is 31.5 Å². The van der Waals surface area contributed by atoms with Crippen molar-refractivity contribution in [3.05, 3.63) is 50.2 Å². The Morgan fingerprint density at radius 1 is 1.29 bits per heavy atom. The van der Waals surface area contributed by atoms with Crippen molar-refractivity contribution in [3.63, 3.8) is 0 Å². The van der Waals surface area contributed by atoms with Crippen molar-refractivity contribution in [2.75, 3.05) is 0 Å². The lowest BCUT2D eigenvalue weighted by Crippen LogP contribution is -2.40. The zero-order valence-electron chi connectivity index (χ0n) is 13.4. The number of rotatable bonds is 2. The van der Waals surface area contributed by atoms with E-state index in [1.54, 1.807) is 6.07 Å². The maximum atomic E-state index is 12.7. The Balaban J connectivity index is 2.10. The summed E-state index contributed by atoms with van der Waals surface area (Å²) in [4.78, 5) is 35.3. The van der Waals surface area contributed by atoms with Gasteiger partial charge in [0.05, 0.1) is 4.92 Å². The molecule has 0 unspecified atom stereocenters. The summed E-state index contributed by atoms with van der Waals surface area (Å²) in [7, 11) is 0. The number of halogens is 1. The van der Waals surface area contributed by atoms with Gasteiger partial charge in [-0.25, -0.2) is 0 Å². The van der Waals surface area contributed by atoms with Crippen LogP contribution in [0.3, 0.4) is 0 Å². The van der Waals surface area contributed by atoms with Crippen molar-refractivity contribution in [2.45, 2.75) is 39.0 Å². The van der Waals surface area contributed by atoms with Crippen LogP contribution in [0.4, 0.5) is 5.69 Å². The molecule has 0 aromatic heterocycles. The van der Waals surface area contributed by atoms with Crippen LogP contribution in [0.15, 0.2) is 29.5 Å². The van der Waals surface area contributed by atoms with Crippen LogP contribution < -0.4 is 5.32 Å². The highest BCUT2D eigenvalue weighted by atomic mass is 35.5. The molecule has 7 heteroatoms. The molecule has 1 aliphatic carbocycles. The average Bonchev–Trinajstić information content (AvgIpc) is 2.44. The quantitative estimate of drug-likeness (QED) is 0.654. The van der Waals surface area contributed by atoms with Crippen LogP contribution >= 0.6 is 11.6 Å². The minimum Gasteiger partial charge on any atom is -0.329 e. The molecule has 126 valence electrons. The minimum absolute atomic E-state index is 0.0103. The molecule has 0 fully saturated rings. The maximum absolute atomic E-state index is 12.7. The molecule has 1 aromatic rings. The van der Waals surface area contributed by atoms with Crippen molar-refractivity contribution in [1.29, 1.82) is 0 Å². The molecule has 0 saturated carbocycles. The van der Waals surface area contributed by atoms with E-state index in [-0.39, 0.29) is 34.2 Å². The number of nitro benzene ring substituents is 1. The number of carbonyl (C=O) groups excluding carboxylic acids is 2.